The third kappa shape index (κ3) is 6.82. The largest absolute Gasteiger partial charge is 0.497 e. The van der Waals surface area contributed by atoms with Crippen molar-refractivity contribution in [2.45, 2.75) is 31.8 Å². The Kier molecular flexibility index (Phi) is 8.67. The van der Waals surface area contributed by atoms with Gasteiger partial charge in [-0.05, 0) is 66.7 Å². The van der Waals surface area contributed by atoms with Gasteiger partial charge >= 0.3 is 0 Å². The molecule has 3 aromatic rings. The second-order valence-electron chi connectivity index (χ2n) is 7.82. The first-order chi connectivity index (χ1) is 16.3. The van der Waals surface area contributed by atoms with E-state index in [9.17, 15) is 13.2 Å². The molecular formula is C26H31N3O4S. The molecule has 0 bridgehead atoms. The Bertz CT molecular complexity index is 1190. The molecule has 1 amide bonds. The average Bonchev–Trinajstić information content (AvgIpc) is 2.87. The number of nitrogens with zero attached hydrogens (tertiary/aromatic N) is 1. The Hall–Kier alpha value is -3.36. The van der Waals surface area contributed by atoms with E-state index in [0.717, 1.165) is 25.2 Å². The predicted octanol–water partition coefficient (Wildman–Crippen LogP) is 4.27. The summed E-state index contributed by atoms with van der Waals surface area (Å²) in [6.45, 7) is 7.53. The Morgan fingerprint density at radius 1 is 0.912 bits per heavy atom. The van der Waals surface area contributed by atoms with Gasteiger partial charge in [-0.15, -0.1) is 0 Å². The molecule has 7 nitrogen and oxygen atoms in total. The highest BCUT2D eigenvalue weighted by atomic mass is 32.2. The van der Waals surface area contributed by atoms with E-state index in [1.54, 1.807) is 36.4 Å². The molecule has 0 aromatic heterocycles. The van der Waals surface area contributed by atoms with Crippen LogP contribution >= 0.6 is 0 Å². The zero-order valence-corrected chi connectivity index (χ0v) is 20.6. The minimum Gasteiger partial charge on any atom is -0.497 e. The minimum atomic E-state index is -3.85. The van der Waals surface area contributed by atoms with Crippen molar-refractivity contribution in [1.82, 2.24) is 10.2 Å². The van der Waals surface area contributed by atoms with E-state index in [1.165, 1.54) is 24.8 Å². The maximum absolute atomic E-state index is 12.8. The second-order valence-corrected chi connectivity index (χ2v) is 9.50. The van der Waals surface area contributed by atoms with Crippen LogP contribution in [-0.2, 0) is 23.1 Å². The molecular weight excluding hydrogens is 450 g/mol. The highest BCUT2D eigenvalue weighted by Gasteiger charge is 2.17. The first-order valence-electron chi connectivity index (χ1n) is 11.2. The van der Waals surface area contributed by atoms with Gasteiger partial charge in [0, 0.05) is 24.3 Å². The average molecular weight is 482 g/mol. The van der Waals surface area contributed by atoms with Gasteiger partial charge < -0.3 is 10.1 Å². The molecule has 8 heteroatoms. The molecule has 0 aliphatic rings. The molecule has 180 valence electrons. The van der Waals surface area contributed by atoms with Gasteiger partial charge in [0.1, 0.15) is 5.75 Å². The molecule has 2 N–H and O–H groups in total. The molecule has 0 atom stereocenters. The van der Waals surface area contributed by atoms with Gasteiger partial charge in [-0.25, -0.2) is 8.42 Å². The molecule has 0 spiro atoms. The number of benzene rings is 3. The minimum absolute atomic E-state index is 0.0109. The molecule has 0 unspecified atom stereocenters. The third-order valence-corrected chi connectivity index (χ3v) is 6.90. The number of carbonyl (C=O) groups is 1. The van der Waals surface area contributed by atoms with E-state index in [1.807, 2.05) is 12.1 Å². The normalized spacial score (nSPS) is 11.3. The van der Waals surface area contributed by atoms with E-state index in [0.29, 0.717) is 18.0 Å². The summed E-state index contributed by atoms with van der Waals surface area (Å²) < 4.78 is 33.2. The number of amides is 1. The van der Waals surface area contributed by atoms with Crippen LogP contribution in [0.4, 0.5) is 5.69 Å². The van der Waals surface area contributed by atoms with Crippen molar-refractivity contribution in [3.8, 4) is 5.75 Å². The van der Waals surface area contributed by atoms with Crippen LogP contribution in [0.15, 0.2) is 77.7 Å². The zero-order chi connectivity index (χ0) is 24.6. The van der Waals surface area contributed by atoms with Gasteiger partial charge in [0.05, 0.1) is 12.0 Å². The lowest BCUT2D eigenvalue weighted by molar-refractivity contribution is 0.0950. The lowest BCUT2D eigenvalue weighted by Gasteiger charge is -2.18. The van der Waals surface area contributed by atoms with Crippen molar-refractivity contribution in [3.63, 3.8) is 0 Å². The molecule has 34 heavy (non-hydrogen) atoms. The SMILES string of the molecule is CCN(CC)Cc1ccc(CNC(=O)c2cccc(S(=O)(=O)Nc3ccc(OC)cc3)c2)cc1. The lowest BCUT2D eigenvalue weighted by atomic mass is 10.1. The molecule has 0 heterocycles. The predicted molar refractivity (Wildman–Crippen MR) is 134 cm³/mol. The fourth-order valence-electron chi connectivity index (χ4n) is 3.43. The van der Waals surface area contributed by atoms with E-state index in [4.69, 9.17) is 4.74 Å². The van der Waals surface area contributed by atoms with E-state index in [2.05, 4.69) is 40.9 Å². The summed E-state index contributed by atoms with van der Waals surface area (Å²) in [7, 11) is -2.31. The van der Waals surface area contributed by atoms with Crippen LogP contribution < -0.4 is 14.8 Å². The number of hydrogen-bond donors (Lipinski definition) is 2. The number of ether oxygens (including phenoxy) is 1. The number of hydrogen-bond acceptors (Lipinski definition) is 5. The number of sulfonamides is 1. The smallest absolute Gasteiger partial charge is 0.261 e. The van der Waals surface area contributed by atoms with Crippen LogP contribution in [0.3, 0.4) is 0 Å². The quantitative estimate of drug-likeness (QED) is 0.427. The summed E-state index contributed by atoms with van der Waals surface area (Å²) in [6, 6.07) is 20.7. The number of methoxy groups -OCH3 is 1. The van der Waals surface area contributed by atoms with E-state index in [-0.39, 0.29) is 16.4 Å². The van der Waals surface area contributed by atoms with E-state index >= 15 is 0 Å². The molecule has 3 aromatic carbocycles. The molecule has 0 saturated heterocycles. The van der Waals surface area contributed by atoms with Crippen LogP contribution in [0.1, 0.15) is 35.3 Å². The summed E-state index contributed by atoms with van der Waals surface area (Å²) in [4.78, 5) is 15.0. The molecule has 0 saturated carbocycles. The van der Waals surface area contributed by atoms with Crippen LogP contribution in [0.2, 0.25) is 0 Å². The number of rotatable bonds is 11. The van der Waals surface area contributed by atoms with Crippen molar-refractivity contribution < 1.29 is 17.9 Å². The summed E-state index contributed by atoms with van der Waals surface area (Å²) >= 11 is 0. The van der Waals surface area contributed by atoms with Crippen molar-refractivity contribution in [2.24, 2.45) is 0 Å². The van der Waals surface area contributed by atoms with Crippen molar-refractivity contribution in [2.75, 3.05) is 24.9 Å². The summed E-state index contributed by atoms with van der Waals surface area (Å²) in [5, 5.41) is 2.86. The highest BCUT2D eigenvalue weighted by molar-refractivity contribution is 7.92. The Labute approximate surface area is 201 Å². The van der Waals surface area contributed by atoms with Gasteiger partial charge in [-0.3, -0.25) is 14.4 Å². The Balaban J connectivity index is 1.62. The number of anilines is 1. The summed E-state index contributed by atoms with van der Waals surface area (Å²) in [5.74, 6) is 0.286. The van der Waals surface area contributed by atoms with Gasteiger partial charge in [0.15, 0.2) is 0 Å². The van der Waals surface area contributed by atoms with Crippen LogP contribution in [0, 0.1) is 0 Å². The van der Waals surface area contributed by atoms with Gasteiger partial charge in [0.25, 0.3) is 15.9 Å². The number of nitrogens with one attached hydrogen (secondary N) is 2. The standard InChI is InChI=1S/C26H31N3O4S/c1-4-29(5-2)19-21-11-9-20(10-12-21)18-27-26(30)22-7-6-8-25(17-22)34(31,32)28-23-13-15-24(33-3)16-14-23/h6-17,28H,4-5,18-19H2,1-3H3,(H,27,30). The molecule has 0 radical (unpaired) electrons. The van der Waals surface area contributed by atoms with Crippen molar-refractivity contribution in [3.05, 3.63) is 89.5 Å². The fourth-order valence-corrected chi connectivity index (χ4v) is 4.53. The second kappa shape index (κ2) is 11.7. The van der Waals surface area contributed by atoms with Crippen LogP contribution in [0.5, 0.6) is 5.75 Å². The molecule has 3 rings (SSSR count). The van der Waals surface area contributed by atoms with E-state index < -0.39 is 10.0 Å². The Morgan fingerprint density at radius 3 is 2.18 bits per heavy atom. The third-order valence-electron chi connectivity index (χ3n) is 5.53. The van der Waals surface area contributed by atoms with Crippen LogP contribution in [0.25, 0.3) is 0 Å². The molecule has 0 aliphatic carbocycles. The first-order valence-corrected chi connectivity index (χ1v) is 12.7. The summed E-state index contributed by atoms with van der Waals surface area (Å²) in [6.07, 6.45) is 0. The first kappa shape index (κ1) is 25.3. The van der Waals surface area contributed by atoms with Gasteiger partial charge in [-0.2, -0.15) is 0 Å². The fraction of sp³-hybridized carbons (Fsp3) is 0.269. The Morgan fingerprint density at radius 2 is 1.56 bits per heavy atom. The molecule has 0 aliphatic heterocycles. The molecule has 0 fully saturated rings. The van der Waals surface area contributed by atoms with Crippen molar-refractivity contribution in [1.29, 1.82) is 0 Å². The maximum Gasteiger partial charge on any atom is 0.261 e. The monoisotopic (exact) mass is 481 g/mol. The topological polar surface area (TPSA) is 87.7 Å². The van der Waals surface area contributed by atoms with Crippen LogP contribution in [-0.4, -0.2) is 39.4 Å². The number of carbonyl (C=O) groups excluding carboxylic acids is 1. The van der Waals surface area contributed by atoms with Crippen molar-refractivity contribution >= 4 is 21.6 Å². The lowest BCUT2D eigenvalue weighted by Crippen LogP contribution is -2.23. The maximum atomic E-state index is 12.8. The van der Waals surface area contributed by atoms with Gasteiger partial charge in [-0.1, -0.05) is 44.2 Å². The van der Waals surface area contributed by atoms with Gasteiger partial charge in [0.2, 0.25) is 0 Å². The zero-order valence-electron chi connectivity index (χ0n) is 19.7. The summed E-state index contributed by atoms with van der Waals surface area (Å²) in [5.41, 5.74) is 2.87. The highest BCUT2D eigenvalue weighted by Crippen LogP contribution is 2.20.